The molecule has 4 fully saturated rings. The van der Waals surface area contributed by atoms with Crippen LogP contribution in [0, 0.1) is 44.8 Å². The maximum atomic E-state index is 12.8. The highest BCUT2D eigenvalue weighted by Gasteiger charge is 2.70. The summed E-state index contributed by atoms with van der Waals surface area (Å²) in [5.74, 6) is 0.716. The number of carbonyl (C=O) groups excluding carboxylic acids is 1. The molecule has 0 aromatic heterocycles. The van der Waals surface area contributed by atoms with Crippen LogP contribution in [-0.4, -0.2) is 23.1 Å². The van der Waals surface area contributed by atoms with Crippen molar-refractivity contribution in [3.8, 4) is 0 Å². The first-order valence-electron chi connectivity index (χ1n) is 14.4. The van der Waals surface area contributed by atoms with E-state index in [1.807, 2.05) is 0 Å². The van der Waals surface area contributed by atoms with E-state index in [4.69, 9.17) is 4.74 Å². The van der Waals surface area contributed by atoms with Gasteiger partial charge in [-0.2, -0.15) is 0 Å². The molecule has 0 saturated heterocycles. The molecule has 0 radical (unpaired) electrons. The zero-order chi connectivity index (χ0) is 26.5. The smallest absolute Gasteiger partial charge is 0.314 e. The summed E-state index contributed by atoms with van der Waals surface area (Å²) in [6, 6.07) is 0. The van der Waals surface area contributed by atoms with Crippen molar-refractivity contribution in [3.63, 3.8) is 0 Å². The largest absolute Gasteiger partial charge is 0.481 e. The molecule has 0 spiro atoms. The second-order valence-electron chi connectivity index (χ2n) is 14.6. The van der Waals surface area contributed by atoms with Gasteiger partial charge in [0.25, 0.3) is 0 Å². The maximum absolute atomic E-state index is 12.8. The van der Waals surface area contributed by atoms with Crippen LogP contribution in [0.25, 0.3) is 0 Å². The number of hydrogen-bond donors (Lipinski definition) is 1. The molecule has 0 amide bonds. The standard InChI is InChI=1S/C32H48O4/c1-19-11-16-32(27(34)35)18-17-30(7)22(26(32)20(19)2)9-10-24-29(6)14-13-25(36-21(3)33)28(4,5)23(29)12-15-31(24,30)8/h11,22-25H,9-10,12-18H2,1-8H3,(H,34,35)/t22-,23-,24-,25+,29+,30-,31-,32+/m1/s1. The molecule has 0 aromatic rings. The number of allylic oxidation sites excluding steroid dienone is 3. The molecule has 5 rings (SSSR count). The molecule has 4 nitrogen and oxygen atoms in total. The van der Waals surface area contributed by atoms with Gasteiger partial charge < -0.3 is 9.84 Å². The van der Waals surface area contributed by atoms with Crippen molar-refractivity contribution in [3.05, 3.63) is 22.8 Å². The highest BCUT2D eigenvalue weighted by atomic mass is 16.5. The monoisotopic (exact) mass is 496 g/mol. The Morgan fingerprint density at radius 2 is 1.58 bits per heavy atom. The van der Waals surface area contributed by atoms with Gasteiger partial charge in [-0.25, -0.2) is 0 Å². The average molecular weight is 497 g/mol. The lowest BCUT2D eigenvalue weighted by Crippen LogP contribution is -2.66. The minimum atomic E-state index is -0.706. The molecule has 5 aliphatic carbocycles. The third-order valence-corrected chi connectivity index (χ3v) is 13.2. The number of carboxylic acid groups (broad SMARTS) is 1. The number of carbonyl (C=O) groups is 2. The van der Waals surface area contributed by atoms with Gasteiger partial charge in [0.2, 0.25) is 0 Å². The predicted molar refractivity (Wildman–Crippen MR) is 142 cm³/mol. The summed E-state index contributed by atoms with van der Waals surface area (Å²) in [4.78, 5) is 24.7. The van der Waals surface area contributed by atoms with E-state index in [1.54, 1.807) is 6.92 Å². The van der Waals surface area contributed by atoms with E-state index in [0.29, 0.717) is 24.2 Å². The average Bonchev–Trinajstić information content (AvgIpc) is 2.78. The SMILES string of the molecule is CC(=O)O[C@H]1CC[C@@]2(C)[C@H](CC[C@]3(C)[C@@H]2CC[C@@H]2C4=C(C)C(C)=CC[C@]4(C(=O)O)CC[C@]23C)C1(C)C. The first-order chi connectivity index (χ1) is 16.6. The molecule has 0 heterocycles. The van der Waals surface area contributed by atoms with Crippen LogP contribution in [0.3, 0.4) is 0 Å². The molecule has 4 heteroatoms. The van der Waals surface area contributed by atoms with Crippen LogP contribution in [0.2, 0.25) is 0 Å². The minimum absolute atomic E-state index is 0.0000248. The van der Waals surface area contributed by atoms with Gasteiger partial charge in [-0.05, 0) is 117 Å². The first kappa shape index (κ1) is 26.0. The Morgan fingerprint density at radius 3 is 2.22 bits per heavy atom. The number of aliphatic carboxylic acids is 1. The van der Waals surface area contributed by atoms with Crippen molar-refractivity contribution in [1.29, 1.82) is 0 Å². The lowest BCUT2D eigenvalue weighted by atomic mass is 9.32. The van der Waals surface area contributed by atoms with Crippen molar-refractivity contribution in [2.75, 3.05) is 0 Å². The van der Waals surface area contributed by atoms with Crippen LogP contribution in [0.4, 0.5) is 0 Å². The molecule has 1 N–H and O–H groups in total. The fraction of sp³-hybridized carbons (Fsp3) is 0.812. The Balaban J connectivity index is 1.55. The van der Waals surface area contributed by atoms with Gasteiger partial charge in [-0.3, -0.25) is 9.59 Å². The summed E-state index contributed by atoms with van der Waals surface area (Å²) in [5.41, 5.74) is 3.56. The second kappa shape index (κ2) is 7.96. The molecule has 0 aliphatic heterocycles. The van der Waals surface area contributed by atoms with Gasteiger partial charge in [0.1, 0.15) is 6.10 Å². The van der Waals surface area contributed by atoms with Crippen LogP contribution < -0.4 is 0 Å². The number of hydrogen-bond acceptors (Lipinski definition) is 3. The third kappa shape index (κ3) is 3.11. The molecule has 4 saturated carbocycles. The molecule has 0 bridgehead atoms. The van der Waals surface area contributed by atoms with E-state index in [-0.39, 0.29) is 33.7 Å². The number of carboxylic acids is 1. The molecular formula is C32H48O4. The summed E-state index contributed by atoms with van der Waals surface area (Å²) in [7, 11) is 0. The van der Waals surface area contributed by atoms with Crippen molar-refractivity contribution >= 4 is 11.9 Å². The fourth-order valence-corrected chi connectivity index (χ4v) is 11.0. The van der Waals surface area contributed by atoms with Crippen molar-refractivity contribution in [1.82, 2.24) is 0 Å². The minimum Gasteiger partial charge on any atom is -0.481 e. The second-order valence-corrected chi connectivity index (χ2v) is 14.6. The maximum Gasteiger partial charge on any atom is 0.314 e. The van der Waals surface area contributed by atoms with Gasteiger partial charge in [-0.15, -0.1) is 0 Å². The van der Waals surface area contributed by atoms with Crippen molar-refractivity contribution < 1.29 is 19.4 Å². The van der Waals surface area contributed by atoms with Crippen LogP contribution in [-0.2, 0) is 14.3 Å². The molecule has 0 unspecified atom stereocenters. The molecular weight excluding hydrogens is 448 g/mol. The quantitative estimate of drug-likeness (QED) is 0.397. The summed E-state index contributed by atoms with van der Waals surface area (Å²) in [6.45, 7) is 18.2. The topological polar surface area (TPSA) is 63.6 Å². The highest BCUT2D eigenvalue weighted by Crippen LogP contribution is 2.76. The van der Waals surface area contributed by atoms with Crippen LogP contribution >= 0.6 is 0 Å². The van der Waals surface area contributed by atoms with Crippen molar-refractivity contribution in [2.24, 2.45) is 44.8 Å². The van der Waals surface area contributed by atoms with Gasteiger partial charge in [0.15, 0.2) is 0 Å². The first-order valence-corrected chi connectivity index (χ1v) is 14.4. The Hall–Kier alpha value is -1.58. The highest BCUT2D eigenvalue weighted by molar-refractivity contribution is 5.81. The van der Waals surface area contributed by atoms with E-state index in [2.05, 4.69) is 54.5 Å². The third-order valence-electron chi connectivity index (χ3n) is 13.2. The van der Waals surface area contributed by atoms with E-state index in [9.17, 15) is 14.7 Å². The molecule has 8 atom stereocenters. The molecule has 5 aliphatic rings. The van der Waals surface area contributed by atoms with Gasteiger partial charge in [0, 0.05) is 12.3 Å². The zero-order valence-electron chi connectivity index (χ0n) is 23.9. The van der Waals surface area contributed by atoms with Gasteiger partial charge in [-0.1, -0.05) is 46.3 Å². The van der Waals surface area contributed by atoms with E-state index in [1.165, 1.54) is 29.6 Å². The Morgan fingerprint density at radius 1 is 0.889 bits per heavy atom. The predicted octanol–water partition coefficient (Wildman–Crippen LogP) is 7.72. The van der Waals surface area contributed by atoms with E-state index >= 15 is 0 Å². The summed E-state index contributed by atoms with van der Waals surface area (Å²) in [6.07, 6.45) is 11.3. The van der Waals surface area contributed by atoms with Gasteiger partial charge in [0.05, 0.1) is 5.41 Å². The summed E-state index contributed by atoms with van der Waals surface area (Å²) in [5, 5.41) is 10.5. The Bertz CT molecular complexity index is 1050. The Kier molecular flexibility index (Phi) is 5.76. The number of esters is 1. The molecule has 200 valence electrons. The number of fused-ring (bicyclic) bond motifs is 7. The lowest BCUT2D eigenvalue weighted by molar-refractivity contribution is -0.233. The van der Waals surface area contributed by atoms with Gasteiger partial charge >= 0.3 is 11.9 Å². The lowest BCUT2D eigenvalue weighted by Gasteiger charge is -2.72. The van der Waals surface area contributed by atoms with E-state index < -0.39 is 11.4 Å². The summed E-state index contributed by atoms with van der Waals surface area (Å²) >= 11 is 0. The Labute approximate surface area is 218 Å². The molecule has 36 heavy (non-hydrogen) atoms. The van der Waals surface area contributed by atoms with Crippen LogP contribution in [0.5, 0.6) is 0 Å². The fourth-order valence-electron chi connectivity index (χ4n) is 11.0. The summed E-state index contributed by atoms with van der Waals surface area (Å²) < 4.78 is 5.88. The normalized spacial score (nSPS) is 47.5. The number of rotatable bonds is 2. The van der Waals surface area contributed by atoms with Crippen LogP contribution in [0.1, 0.15) is 113 Å². The molecule has 0 aromatic carbocycles. The van der Waals surface area contributed by atoms with Crippen LogP contribution in [0.15, 0.2) is 22.8 Å². The number of ether oxygens (including phenoxy) is 1. The zero-order valence-corrected chi connectivity index (χ0v) is 23.9. The van der Waals surface area contributed by atoms with Crippen molar-refractivity contribution in [2.45, 2.75) is 119 Å². The van der Waals surface area contributed by atoms with E-state index in [0.717, 1.165) is 38.5 Å².